The number of halogens is 3. The van der Waals surface area contributed by atoms with Crippen molar-refractivity contribution >= 4 is 5.69 Å². The summed E-state index contributed by atoms with van der Waals surface area (Å²) in [6.45, 7) is 1.48. The van der Waals surface area contributed by atoms with E-state index in [0.717, 1.165) is 37.2 Å². The van der Waals surface area contributed by atoms with Gasteiger partial charge in [0.2, 0.25) is 0 Å². The lowest BCUT2D eigenvalue weighted by atomic mass is 9.96. The van der Waals surface area contributed by atoms with E-state index in [1.807, 2.05) is 0 Å². The lowest BCUT2D eigenvalue weighted by molar-refractivity contribution is -0.137. The molecule has 5 heteroatoms. The van der Waals surface area contributed by atoms with Gasteiger partial charge < -0.3 is 11.1 Å². The number of hydrogen-bond acceptors (Lipinski definition) is 2. The van der Waals surface area contributed by atoms with Crippen molar-refractivity contribution in [3.63, 3.8) is 0 Å². The molecule has 1 aromatic carbocycles. The Morgan fingerprint density at radius 3 is 2.32 bits per heavy atom. The highest BCUT2D eigenvalue weighted by Gasteiger charge is 2.30. The van der Waals surface area contributed by atoms with Crippen LogP contribution in [-0.2, 0) is 6.18 Å². The van der Waals surface area contributed by atoms with E-state index in [0.29, 0.717) is 18.4 Å². The monoisotopic (exact) mass is 272 g/mol. The van der Waals surface area contributed by atoms with Gasteiger partial charge in [-0.3, -0.25) is 0 Å². The van der Waals surface area contributed by atoms with Crippen LogP contribution in [0.25, 0.3) is 0 Å². The van der Waals surface area contributed by atoms with Crippen LogP contribution in [0.5, 0.6) is 0 Å². The number of benzene rings is 1. The SMILES string of the molecule is NCC1CCCC1CNc1ccc(C(F)(F)F)cc1. The van der Waals surface area contributed by atoms with Crippen molar-refractivity contribution in [3.8, 4) is 0 Å². The molecule has 0 heterocycles. The van der Waals surface area contributed by atoms with E-state index in [2.05, 4.69) is 5.32 Å². The quantitative estimate of drug-likeness (QED) is 0.880. The standard InChI is InChI=1S/C14H19F3N2/c15-14(16,17)12-4-6-13(7-5-12)19-9-11-3-1-2-10(11)8-18/h4-7,10-11,19H,1-3,8-9,18H2. The van der Waals surface area contributed by atoms with Crippen molar-refractivity contribution < 1.29 is 13.2 Å². The Hall–Kier alpha value is -1.23. The second kappa shape index (κ2) is 5.82. The summed E-state index contributed by atoms with van der Waals surface area (Å²) in [6.07, 6.45) is -0.763. The van der Waals surface area contributed by atoms with Gasteiger partial charge in [0.25, 0.3) is 0 Å². The molecule has 1 aliphatic carbocycles. The molecular formula is C14H19F3N2. The smallest absolute Gasteiger partial charge is 0.385 e. The maximum absolute atomic E-state index is 12.4. The van der Waals surface area contributed by atoms with Gasteiger partial charge in [0.15, 0.2) is 0 Å². The number of anilines is 1. The predicted octanol–water partition coefficient (Wildman–Crippen LogP) is 3.49. The fourth-order valence-electron chi connectivity index (χ4n) is 2.72. The highest BCUT2D eigenvalue weighted by molar-refractivity contribution is 5.45. The molecule has 0 bridgehead atoms. The molecule has 0 radical (unpaired) electrons. The topological polar surface area (TPSA) is 38.0 Å². The summed E-state index contributed by atoms with van der Waals surface area (Å²) in [6, 6.07) is 5.18. The zero-order valence-electron chi connectivity index (χ0n) is 10.7. The molecule has 2 atom stereocenters. The van der Waals surface area contributed by atoms with Crippen LogP contribution in [0.2, 0.25) is 0 Å². The molecule has 0 aliphatic heterocycles. The lowest BCUT2D eigenvalue weighted by Crippen LogP contribution is -2.24. The van der Waals surface area contributed by atoms with Gasteiger partial charge in [-0.25, -0.2) is 0 Å². The summed E-state index contributed by atoms with van der Waals surface area (Å²) in [5, 5.41) is 3.21. The Labute approximate surface area is 111 Å². The summed E-state index contributed by atoms with van der Waals surface area (Å²) in [4.78, 5) is 0. The van der Waals surface area contributed by atoms with Crippen molar-refractivity contribution in [1.29, 1.82) is 0 Å². The summed E-state index contributed by atoms with van der Waals surface area (Å²) < 4.78 is 37.2. The van der Waals surface area contributed by atoms with Crippen LogP contribution in [0.15, 0.2) is 24.3 Å². The normalized spacial score (nSPS) is 23.6. The van der Waals surface area contributed by atoms with E-state index in [1.54, 1.807) is 0 Å². The minimum Gasteiger partial charge on any atom is -0.385 e. The highest BCUT2D eigenvalue weighted by Crippen LogP contribution is 2.32. The van der Waals surface area contributed by atoms with Gasteiger partial charge in [-0.05, 0) is 55.5 Å². The maximum atomic E-state index is 12.4. The average Bonchev–Trinajstić information content (AvgIpc) is 2.83. The Morgan fingerprint density at radius 1 is 1.11 bits per heavy atom. The fraction of sp³-hybridized carbons (Fsp3) is 0.571. The number of hydrogen-bond donors (Lipinski definition) is 2. The van der Waals surface area contributed by atoms with Crippen LogP contribution in [0.4, 0.5) is 18.9 Å². The molecule has 0 spiro atoms. The van der Waals surface area contributed by atoms with E-state index in [1.165, 1.54) is 18.6 Å². The van der Waals surface area contributed by atoms with Crippen LogP contribution in [-0.4, -0.2) is 13.1 Å². The molecule has 1 saturated carbocycles. The number of nitrogens with one attached hydrogen (secondary N) is 1. The van der Waals surface area contributed by atoms with Crippen molar-refractivity contribution in [3.05, 3.63) is 29.8 Å². The van der Waals surface area contributed by atoms with Gasteiger partial charge in [0.1, 0.15) is 0 Å². The summed E-state index contributed by atoms with van der Waals surface area (Å²) in [5.74, 6) is 1.08. The van der Waals surface area contributed by atoms with Crippen LogP contribution in [0.1, 0.15) is 24.8 Å². The molecule has 19 heavy (non-hydrogen) atoms. The lowest BCUT2D eigenvalue weighted by Gasteiger charge is -2.19. The second-order valence-electron chi connectivity index (χ2n) is 5.14. The minimum absolute atomic E-state index is 0.535. The number of alkyl halides is 3. The average molecular weight is 272 g/mol. The molecule has 0 aromatic heterocycles. The van der Waals surface area contributed by atoms with Crippen molar-refractivity contribution in [1.82, 2.24) is 0 Å². The molecule has 3 N–H and O–H groups in total. The zero-order valence-corrected chi connectivity index (χ0v) is 10.7. The molecule has 1 fully saturated rings. The third-order valence-corrected chi connectivity index (χ3v) is 3.90. The first-order valence-corrected chi connectivity index (χ1v) is 6.62. The number of rotatable bonds is 4. The van der Waals surface area contributed by atoms with Crippen molar-refractivity contribution in [2.24, 2.45) is 17.6 Å². The van der Waals surface area contributed by atoms with E-state index >= 15 is 0 Å². The Bertz CT molecular complexity index is 400. The van der Waals surface area contributed by atoms with E-state index < -0.39 is 11.7 Å². The molecular weight excluding hydrogens is 253 g/mol. The van der Waals surface area contributed by atoms with Gasteiger partial charge >= 0.3 is 6.18 Å². The Morgan fingerprint density at radius 2 is 1.74 bits per heavy atom. The Balaban J connectivity index is 1.90. The van der Waals surface area contributed by atoms with E-state index in [9.17, 15) is 13.2 Å². The molecule has 0 saturated heterocycles. The van der Waals surface area contributed by atoms with Crippen LogP contribution in [0.3, 0.4) is 0 Å². The summed E-state index contributed by atoms with van der Waals surface area (Å²) >= 11 is 0. The molecule has 2 rings (SSSR count). The molecule has 1 aromatic rings. The molecule has 106 valence electrons. The first-order valence-electron chi connectivity index (χ1n) is 6.62. The van der Waals surface area contributed by atoms with Crippen molar-refractivity contribution in [2.75, 3.05) is 18.4 Å². The molecule has 0 amide bonds. The summed E-state index contributed by atoms with van der Waals surface area (Å²) in [5.41, 5.74) is 5.83. The molecule has 1 aliphatic rings. The van der Waals surface area contributed by atoms with E-state index in [-0.39, 0.29) is 0 Å². The van der Waals surface area contributed by atoms with Gasteiger partial charge in [0, 0.05) is 12.2 Å². The van der Waals surface area contributed by atoms with Crippen LogP contribution >= 0.6 is 0 Å². The fourth-order valence-corrected chi connectivity index (χ4v) is 2.72. The third-order valence-electron chi connectivity index (χ3n) is 3.90. The minimum atomic E-state index is -4.27. The Kier molecular flexibility index (Phi) is 4.34. The number of nitrogens with two attached hydrogens (primary N) is 1. The van der Waals surface area contributed by atoms with E-state index in [4.69, 9.17) is 5.73 Å². The van der Waals surface area contributed by atoms with Crippen LogP contribution < -0.4 is 11.1 Å². The predicted molar refractivity (Wildman–Crippen MR) is 69.8 cm³/mol. The maximum Gasteiger partial charge on any atom is 0.416 e. The van der Waals surface area contributed by atoms with Gasteiger partial charge in [-0.1, -0.05) is 6.42 Å². The largest absolute Gasteiger partial charge is 0.416 e. The van der Waals surface area contributed by atoms with Crippen LogP contribution in [0, 0.1) is 11.8 Å². The van der Waals surface area contributed by atoms with Crippen molar-refractivity contribution in [2.45, 2.75) is 25.4 Å². The molecule has 2 nitrogen and oxygen atoms in total. The third kappa shape index (κ3) is 3.62. The van der Waals surface area contributed by atoms with Gasteiger partial charge in [0.05, 0.1) is 5.56 Å². The second-order valence-corrected chi connectivity index (χ2v) is 5.14. The van der Waals surface area contributed by atoms with Gasteiger partial charge in [-0.2, -0.15) is 13.2 Å². The first-order chi connectivity index (χ1) is 9.00. The zero-order chi connectivity index (χ0) is 13.9. The summed E-state index contributed by atoms with van der Waals surface area (Å²) in [7, 11) is 0. The highest BCUT2D eigenvalue weighted by atomic mass is 19.4. The first kappa shape index (κ1) is 14.2. The van der Waals surface area contributed by atoms with Gasteiger partial charge in [-0.15, -0.1) is 0 Å². The molecule has 2 unspecified atom stereocenters.